The molecule has 3 heteroatoms. The van der Waals surface area contributed by atoms with Crippen LogP contribution in [0.3, 0.4) is 0 Å². The zero-order chi connectivity index (χ0) is 15.9. The summed E-state index contributed by atoms with van der Waals surface area (Å²) in [5.41, 5.74) is 3.93. The van der Waals surface area contributed by atoms with Gasteiger partial charge in [0.2, 0.25) is 10.9 Å². The zero-order valence-corrected chi connectivity index (χ0v) is 13.6. The minimum absolute atomic E-state index is 0.298. The van der Waals surface area contributed by atoms with Crippen LogP contribution in [0.25, 0.3) is 11.1 Å². The third kappa shape index (κ3) is 2.29. The lowest BCUT2D eigenvalue weighted by Crippen LogP contribution is -2.48. The van der Waals surface area contributed by atoms with Crippen LogP contribution in [0.1, 0.15) is 43.7 Å². The molecule has 1 saturated heterocycles. The van der Waals surface area contributed by atoms with Crippen molar-refractivity contribution in [2.75, 3.05) is 11.4 Å². The van der Waals surface area contributed by atoms with Crippen LogP contribution in [-0.2, 0) is 0 Å². The average molecular weight is 297 g/mol. The number of benzene rings is 1. The third-order valence-electron chi connectivity index (χ3n) is 5.07. The summed E-state index contributed by atoms with van der Waals surface area (Å²) in [6.07, 6.45) is 4.44. The molecule has 0 N–H and O–H groups in total. The van der Waals surface area contributed by atoms with Crippen molar-refractivity contribution in [2.45, 2.75) is 52.5 Å². The quantitative estimate of drug-likeness (QED) is 0.815. The first-order valence-electron chi connectivity index (χ1n) is 8.22. The number of anilines is 1. The van der Waals surface area contributed by atoms with Gasteiger partial charge in [0.15, 0.2) is 0 Å². The number of hydrogen-bond donors (Lipinski definition) is 0. The molecule has 0 aliphatic carbocycles. The summed E-state index contributed by atoms with van der Waals surface area (Å²) in [7, 11) is 0. The highest BCUT2D eigenvalue weighted by Crippen LogP contribution is 2.32. The maximum absolute atomic E-state index is 12.2. The SMILES string of the molecule is CC[C@@H]1CCCCN1c1c(-c2ccc(C)c(C)c2)c(=O)c1=O. The molecule has 1 heterocycles. The number of hydrogen-bond acceptors (Lipinski definition) is 3. The normalized spacial score (nSPS) is 18.9. The van der Waals surface area contributed by atoms with Gasteiger partial charge in [-0.05, 0) is 56.2 Å². The summed E-state index contributed by atoms with van der Waals surface area (Å²) in [4.78, 5) is 26.6. The Morgan fingerprint density at radius 3 is 2.55 bits per heavy atom. The van der Waals surface area contributed by atoms with Gasteiger partial charge >= 0.3 is 0 Å². The van der Waals surface area contributed by atoms with E-state index >= 15 is 0 Å². The smallest absolute Gasteiger partial charge is 0.250 e. The van der Waals surface area contributed by atoms with Crippen LogP contribution in [0.4, 0.5) is 5.69 Å². The summed E-state index contributed by atoms with van der Waals surface area (Å²) >= 11 is 0. The van der Waals surface area contributed by atoms with Crippen LogP contribution in [-0.4, -0.2) is 12.6 Å². The Morgan fingerprint density at radius 1 is 1.09 bits per heavy atom. The topological polar surface area (TPSA) is 37.4 Å². The Labute approximate surface area is 131 Å². The van der Waals surface area contributed by atoms with Crippen LogP contribution < -0.4 is 15.8 Å². The number of aryl methyl sites for hydroxylation is 2. The van der Waals surface area contributed by atoms with E-state index in [4.69, 9.17) is 0 Å². The number of rotatable bonds is 3. The molecule has 116 valence electrons. The molecule has 0 bridgehead atoms. The third-order valence-corrected chi connectivity index (χ3v) is 5.07. The van der Waals surface area contributed by atoms with Crippen molar-refractivity contribution in [1.29, 1.82) is 0 Å². The van der Waals surface area contributed by atoms with E-state index in [9.17, 15) is 9.59 Å². The molecule has 0 saturated carbocycles. The van der Waals surface area contributed by atoms with E-state index in [1.165, 1.54) is 12.0 Å². The zero-order valence-electron chi connectivity index (χ0n) is 13.6. The lowest BCUT2D eigenvalue weighted by molar-refractivity contribution is 0.448. The summed E-state index contributed by atoms with van der Waals surface area (Å²) < 4.78 is 0. The molecule has 1 fully saturated rings. The van der Waals surface area contributed by atoms with Gasteiger partial charge in [-0.25, -0.2) is 0 Å². The van der Waals surface area contributed by atoms with Crippen molar-refractivity contribution in [1.82, 2.24) is 0 Å². The van der Waals surface area contributed by atoms with Crippen molar-refractivity contribution in [3.63, 3.8) is 0 Å². The molecular formula is C19H23NO2. The summed E-state index contributed by atoms with van der Waals surface area (Å²) in [6, 6.07) is 6.41. The molecule has 1 aliphatic heterocycles. The molecule has 0 unspecified atom stereocenters. The molecule has 22 heavy (non-hydrogen) atoms. The highest BCUT2D eigenvalue weighted by atomic mass is 16.2. The maximum atomic E-state index is 12.2. The molecule has 0 amide bonds. The molecule has 2 aromatic carbocycles. The van der Waals surface area contributed by atoms with Gasteiger partial charge in [-0.3, -0.25) is 9.59 Å². The van der Waals surface area contributed by atoms with Gasteiger partial charge in [0.25, 0.3) is 0 Å². The number of piperidine rings is 1. The molecule has 3 rings (SSSR count). The van der Waals surface area contributed by atoms with E-state index in [0.717, 1.165) is 36.9 Å². The van der Waals surface area contributed by atoms with Crippen molar-refractivity contribution < 1.29 is 0 Å². The van der Waals surface area contributed by atoms with Gasteiger partial charge in [0.1, 0.15) is 5.69 Å². The number of nitrogens with zero attached hydrogens (tertiary/aromatic N) is 1. The molecule has 0 aromatic heterocycles. The Kier molecular flexibility index (Phi) is 3.90. The Morgan fingerprint density at radius 2 is 1.86 bits per heavy atom. The fourth-order valence-corrected chi connectivity index (χ4v) is 3.54. The van der Waals surface area contributed by atoms with Gasteiger partial charge in [-0.1, -0.05) is 25.1 Å². The van der Waals surface area contributed by atoms with E-state index in [-0.39, 0.29) is 10.9 Å². The Hall–Kier alpha value is -1.90. The summed E-state index contributed by atoms with van der Waals surface area (Å²) in [5, 5.41) is 0. The molecule has 0 radical (unpaired) electrons. The van der Waals surface area contributed by atoms with Gasteiger partial charge in [0.05, 0.1) is 5.56 Å². The fraction of sp³-hybridized carbons (Fsp3) is 0.474. The second kappa shape index (κ2) is 5.71. The molecule has 1 atom stereocenters. The first-order chi connectivity index (χ1) is 10.5. The minimum atomic E-state index is -0.321. The van der Waals surface area contributed by atoms with Gasteiger partial charge in [-0.2, -0.15) is 0 Å². The predicted octanol–water partition coefficient (Wildman–Crippen LogP) is 3.34. The maximum Gasteiger partial charge on any atom is 0.250 e. The van der Waals surface area contributed by atoms with Gasteiger partial charge < -0.3 is 4.90 Å². The van der Waals surface area contributed by atoms with E-state index in [2.05, 4.69) is 18.7 Å². The highest BCUT2D eigenvalue weighted by molar-refractivity contribution is 5.83. The van der Waals surface area contributed by atoms with E-state index in [0.29, 0.717) is 17.3 Å². The monoisotopic (exact) mass is 297 g/mol. The molecule has 3 nitrogen and oxygen atoms in total. The summed E-state index contributed by atoms with van der Waals surface area (Å²) in [5.74, 6) is 0. The minimum Gasteiger partial charge on any atom is -0.365 e. The first kappa shape index (κ1) is 15.0. The standard InChI is InChI=1S/C19H23NO2/c1-4-15-7-5-6-10-20(15)17-16(18(21)19(17)22)14-9-8-12(2)13(3)11-14/h8-9,11,15H,4-7,10H2,1-3H3/t15-/m1/s1. The molecule has 1 aliphatic rings. The van der Waals surface area contributed by atoms with Crippen molar-refractivity contribution in [2.24, 2.45) is 0 Å². The van der Waals surface area contributed by atoms with Crippen molar-refractivity contribution in [3.05, 3.63) is 49.8 Å². The van der Waals surface area contributed by atoms with Gasteiger partial charge in [0, 0.05) is 12.6 Å². The lowest BCUT2D eigenvalue weighted by Gasteiger charge is -2.38. The van der Waals surface area contributed by atoms with Crippen LogP contribution in [0.2, 0.25) is 0 Å². The molecule has 0 spiro atoms. The summed E-state index contributed by atoms with van der Waals surface area (Å²) in [6.45, 7) is 7.14. The highest BCUT2D eigenvalue weighted by Gasteiger charge is 2.31. The Balaban J connectivity index is 2.07. The second-order valence-electron chi connectivity index (χ2n) is 6.43. The second-order valence-corrected chi connectivity index (χ2v) is 6.43. The largest absolute Gasteiger partial charge is 0.365 e. The van der Waals surface area contributed by atoms with E-state index in [1.54, 1.807) is 0 Å². The van der Waals surface area contributed by atoms with Crippen molar-refractivity contribution >= 4 is 5.69 Å². The van der Waals surface area contributed by atoms with Crippen LogP contribution in [0, 0.1) is 13.8 Å². The van der Waals surface area contributed by atoms with Crippen LogP contribution >= 0.6 is 0 Å². The lowest BCUT2D eigenvalue weighted by atomic mass is 9.91. The average Bonchev–Trinajstić information content (AvgIpc) is 2.54. The predicted molar refractivity (Wildman–Crippen MR) is 91.5 cm³/mol. The fourth-order valence-electron chi connectivity index (χ4n) is 3.54. The van der Waals surface area contributed by atoms with Crippen molar-refractivity contribution in [3.8, 4) is 11.1 Å². The van der Waals surface area contributed by atoms with E-state index in [1.807, 2.05) is 25.1 Å². The van der Waals surface area contributed by atoms with Gasteiger partial charge in [-0.15, -0.1) is 0 Å². The first-order valence-corrected chi connectivity index (χ1v) is 8.22. The van der Waals surface area contributed by atoms with Crippen LogP contribution in [0.5, 0.6) is 0 Å². The van der Waals surface area contributed by atoms with Crippen LogP contribution in [0.15, 0.2) is 27.8 Å². The molecule has 2 aromatic rings. The van der Waals surface area contributed by atoms with E-state index < -0.39 is 0 Å². The molecular weight excluding hydrogens is 274 g/mol. The Bertz CT molecular complexity index is 768.